The van der Waals surface area contributed by atoms with Gasteiger partial charge in [-0.15, -0.1) is 11.3 Å². The summed E-state index contributed by atoms with van der Waals surface area (Å²) >= 11 is 1.82. The molecule has 0 saturated carbocycles. The van der Waals surface area contributed by atoms with E-state index in [1.807, 2.05) is 29.5 Å². The molecule has 0 saturated heterocycles. The molecule has 0 spiro atoms. The monoisotopic (exact) mass is 759 g/mol. The quantitative estimate of drug-likeness (QED) is 0.175. The van der Waals surface area contributed by atoms with E-state index in [1.54, 1.807) is 0 Å². The minimum atomic E-state index is 0.624. The van der Waals surface area contributed by atoms with Crippen LogP contribution in [0.15, 0.2) is 180 Å². The van der Waals surface area contributed by atoms with Crippen LogP contribution in [0.2, 0.25) is 0 Å². The smallest absolute Gasteiger partial charge is 0.164 e. The maximum Gasteiger partial charge on any atom is 0.164 e. The molecule has 8 aromatic carbocycles. The third kappa shape index (κ3) is 5.47. The van der Waals surface area contributed by atoms with Gasteiger partial charge in [-0.2, -0.15) is 0 Å². The van der Waals surface area contributed by atoms with Crippen LogP contribution in [0.25, 0.3) is 114 Å². The van der Waals surface area contributed by atoms with Gasteiger partial charge in [0.25, 0.3) is 0 Å². The first-order chi connectivity index (χ1) is 28.7. The second-order valence-electron chi connectivity index (χ2n) is 15.0. The van der Waals surface area contributed by atoms with Crippen molar-refractivity contribution in [3.05, 3.63) is 182 Å². The fourth-order valence-corrected chi connectivity index (χ4v) is 9.77. The van der Waals surface area contributed by atoms with Gasteiger partial charge in [0.15, 0.2) is 17.5 Å². The highest BCUT2D eigenvalue weighted by Crippen LogP contribution is 2.44. The van der Waals surface area contributed by atoms with Gasteiger partial charge in [-0.3, -0.25) is 0 Å². The number of rotatable bonds is 5. The molecule has 1 aliphatic carbocycles. The summed E-state index contributed by atoms with van der Waals surface area (Å²) in [5.74, 6) is 1.96. The van der Waals surface area contributed by atoms with Crippen LogP contribution in [0.4, 0.5) is 0 Å². The standard InChI is InChI=1S/C53H33N3OS/c1-2-11-35(12-3-1)51-54-52(39-24-26-42-41-15-8-9-17-46(41)57-47(42)30-39)56-53(55-51)44-31-49-50(43-16-7-6-14-40(43)44)45-29-38(25-27-48(45)58-49)34-20-18-33(19-21-34)37-23-22-32-10-4-5-13-36(32)28-37/h2,4-31H,1,3H2. The number of benzene rings is 8. The fraction of sp³-hybridized carbons (Fsp3) is 0.0377. The molecule has 0 N–H and O–H groups in total. The maximum atomic E-state index is 6.29. The van der Waals surface area contributed by atoms with E-state index in [9.17, 15) is 0 Å². The molecule has 0 atom stereocenters. The summed E-state index contributed by atoms with van der Waals surface area (Å²) in [6.07, 6.45) is 8.54. The first-order valence-corrected chi connectivity index (χ1v) is 20.5. The van der Waals surface area contributed by atoms with Crippen molar-refractivity contribution >= 4 is 80.6 Å². The zero-order valence-electron chi connectivity index (χ0n) is 31.3. The van der Waals surface area contributed by atoms with Crippen molar-refractivity contribution in [1.29, 1.82) is 0 Å². The van der Waals surface area contributed by atoms with Gasteiger partial charge in [0.05, 0.1) is 0 Å². The van der Waals surface area contributed by atoms with E-state index in [0.717, 1.165) is 56.9 Å². The van der Waals surface area contributed by atoms with Gasteiger partial charge in [0, 0.05) is 47.6 Å². The molecule has 0 amide bonds. The summed E-state index contributed by atoms with van der Waals surface area (Å²) < 4.78 is 8.75. The van der Waals surface area contributed by atoms with E-state index >= 15 is 0 Å². The van der Waals surface area contributed by atoms with E-state index < -0.39 is 0 Å². The second-order valence-corrected chi connectivity index (χ2v) is 16.1. The molecule has 0 radical (unpaired) electrons. The Balaban J connectivity index is 0.985. The van der Waals surface area contributed by atoms with Crippen molar-refractivity contribution in [1.82, 2.24) is 15.0 Å². The Morgan fingerprint density at radius 1 is 0.431 bits per heavy atom. The summed E-state index contributed by atoms with van der Waals surface area (Å²) in [6, 6.07) is 56.5. The Bertz CT molecular complexity index is 3520. The summed E-state index contributed by atoms with van der Waals surface area (Å²) in [5.41, 5.74) is 9.43. The second kappa shape index (κ2) is 13.2. The molecule has 272 valence electrons. The largest absolute Gasteiger partial charge is 0.456 e. The zero-order valence-corrected chi connectivity index (χ0v) is 32.1. The highest BCUT2D eigenvalue weighted by molar-refractivity contribution is 7.26. The van der Waals surface area contributed by atoms with Crippen molar-refractivity contribution in [3.8, 4) is 45.0 Å². The fourth-order valence-electron chi connectivity index (χ4n) is 8.63. The molecule has 12 rings (SSSR count). The average molecular weight is 760 g/mol. The predicted molar refractivity (Wildman–Crippen MR) is 243 cm³/mol. The van der Waals surface area contributed by atoms with Gasteiger partial charge >= 0.3 is 0 Å². The number of allylic oxidation sites excluding steroid dienone is 4. The Labute approximate surface area is 338 Å². The lowest BCUT2D eigenvalue weighted by molar-refractivity contribution is 0.669. The topological polar surface area (TPSA) is 51.8 Å². The van der Waals surface area contributed by atoms with Gasteiger partial charge in [-0.25, -0.2) is 15.0 Å². The van der Waals surface area contributed by atoms with Crippen molar-refractivity contribution in [2.75, 3.05) is 0 Å². The molecule has 5 heteroatoms. The Morgan fingerprint density at radius 2 is 1.10 bits per heavy atom. The van der Waals surface area contributed by atoms with Crippen LogP contribution in [-0.2, 0) is 0 Å². The third-order valence-corrected chi connectivity index (χ3v) is 12.7. The lowest BCUT2D eigenvalue weighted by Gasteiger charge is -2.12. The van der Waals surface area contributed by atoms with Gasteiger partial charge in [0.2, 0.25) is 0 Å². The van der Waals surface area contributed by atoms with Crippen LogP contribution in [0.1, 0.15) is 18.7 Å². The molecule has 0 unspecified atom stereocenters. The summed E-state index contributed by atoms with van der Waals surface area (Å²) in [5, 5.41) is 9.51. The molecule has 58 heavy (non-hydrogen) atoms. The molecule has 0 fully saturated rings. The van der Waals surface area contributed by atoms with E-state index in [2.05, 4.69) is 158 Å². The minimum Gasteiger partial charge on any atom is -0.456 e. The van der Waals surface area contributed by atoms with Gasteiger partial charge in [-0.1, -0.05) is 133 Å². The molecule has 3 aromatic heterocycles. The number of hydrogen-bond acceptors (Lipinski definition) is 5. The van der Waals surface area contributed by atoms with Crippen LogP contribution in [0, 0.1) is 0 Å². The number of aromatic nitrogens is 3. The van der Waals surface area contributed by atoms with Gasteiger partial charge in [-0.05, 0) is 99.1 Å². The Hall–Kier alpha value is -7.21. The highest BCUT2D eigenvalue weighted by atomic mass is 32.1. The Kier molecular flexibility index (Phi) is 7.50. The Morgan fingerprint density at radius 3 is 1.95 bits per heavy atom. The highest BCUT2D eigenvalue weighted by Gasteiger charge is 2.20. The molecule has 11 aromatic rings. The number of nitrogens with zero attached hydrogens (tertiary/aromatic N) is 3. The number of para-hydroxylation sites is 1. The van der Waals surface area contributed by atoms with E-state index in [0.29, 0.717) is 17.5 Å². The third-order valence-electron chi connectivity index (χ3n) is 11.5. The van der Waals surface area contributed by atoms with Crippen LogP contribution in [0.5, 0.6) is 0 Å². The van der Waals surface area contributed by atoms with E-state index in [4.69, 9.17) is 19.4 Å². The normalized spacial score (nSPS) is 13.1. The molecule has 1 aliphatic rings. The van der Waals surface area contributed by atoms with Crippen LogP contribution >= 0.6 is 11.3 Å². The van der Waals surface area contributed by atoms with Gasteiger partial charge in [0.1, 0.15) is 11.2 Å². The summed E-state index contributed by atoms with van der Waals surface area (Å²) in [4.78, 5) is 15.5. The van der Waals surface area contributed by atoms with Crippen molar-refractivity contribution < 1.29 is 4.42 Å². The molecule has 3 heterocycles. The average Bonchev–Trinajstić information content (AvgIpc) is 3.86. The van der Waals surface area contributed by atoms with Crippen LogP contribution < -0.4 is 0 Å². The number of thiophene rings is 1. The SMILES string of the molecule is C1=CC(c2nc(-c3ccc4c(c3)oc3ccccc34)nc(-c3cc4sc5ccc(-c6ccc(-c7ccc8ccccc8c7)cc6)cc5c4c4ccccc34)n2)=CCC1. The van der Waals surface area contributed by atoms with Crippen LogP contribution in [-0.4, -0.2) is 15.0 Å². The van der Waals surface area contributed by atoms with E-state index in [-0.39, 0.29) is 0 Å². The lowest BCUT2D eigenvalue weighted by atomic mass is 9.96. The first kappa shape index (κ1) is 33.0. The minimum absolute atomic E-state index is 0.624. The number of fused-ring (bicyclic) bond motifs is 9. The molecule has 0 bridgehead atoms. The zero-order chi connectivity index (χ0) is 38.2. The number of hydrogen-bond donors (Lipinski definition) is 0. The van der Waals surface area contributed by atoms with Crippen molar-refractivity contribution in [2.45, 2.75) is 12.8 Å². The van der Waals surface area contributed by atoms with E-state index in [1.165, 1.54) is 58.6 Å². The summed E-state index contributed by atoms with van der Waals surface area (Å²) in [6.45, 7) is 0. The molecular formula is C53H33N3OS. The van der Waals surface area contributed by atoms with Crippen LogP contribution in [0.3, 0.4) is 0 Å². The maximum absolute atomic E-state index is 6.29. The summed E-state index contributed by atoms with van der Waals surface area (Å²) in [7, 11) is 0. The predicted octanol–water partition coefficient (Wildman–Crippen LogP) is 14.8. The van der Waals surface area contributed by atoms with Gasteiger partial charge < -0.3 is 4.42 Å². The first-order valence-electron chi connectivity index (χ1n) is 19.7. The number of furan rings is 1. The molecular weight excluding hydrogens is 727 g/mol. The lowest BCUT2D eigenvalue weighted by Crippen LogP contribution is -2.03. The van der Waals surface area contributed by atoms with Crippen molar-refractivity contribution in [2.24, 2.45) is 0 Å². The molecule has 0 aliphatic heterocycles. The van der Waals surface area contributed by atoms with Crippen molar-refractivity contribution in [3.63, 3.8) is 0 Å². The molecule has 4 nitrogen and oxygen atoms in total.